The highest BCUT2D eigenvalue weighted by molar-refractivity contribution is 9.10. The Morgan fingerprint density at radius 3 is 2.92 bits per heavy atom. The van der Waals surface area contributed by atoms with Crippen LogP contribution in [0.5, 0.6) is 11.5 Å². The van der Waals surface area contributed by atoms with Crippen molar-refractivity contribution in [2.45, 2.75) is 33.4 Å². The molecule has 24 heavy (non-hydrogen) atoms. The van der Waals surface area contributed by atoms with Crippen LogP contribution in [-0.4, -0.2) is 17.8 Å². The molecule has 0 bridgehead atoms. The van der Waals surface area contributed by atoms with Gasteiger partial charge in [-0.05, 0) is 54.4 Å². The largest absolute Gasteiger partial charge is 0.454 e. The summed E-state index contributed by atoms with van der Waals surface area (Å²) in [5.41, 5.74) is 1.89. The van der Waals surface area contributed by atoms with Gasteiger partial charge in [-0.15, -0.1) is 11.3 Å². The van der Waals surface area contributed by atoms with E-state index in [1.54, 1.807) is 11.3 Å². The lowest BCUT2D eigenvalue weighted by Gasteiger charge is -2.14. The van der Waals surface area contributed by atoms with Gasteiger partial charge in [0, 0.05) is 11.4 Å². The standard InChI is InChI=1S/C16H18BrN3O3S/c1-8-15(24-10(3)19-8)9(2)20-16(21)18-6-11-4-12(17)14-13(5-11)22-7-23-14/h4-5,9H,6-7H2,1-3H3,(H2,18,20,21)/t9-/m0/s1. The van der Waals surface area contributed by atoms with E-state index in [1.165, 1.54) is 0 Å². The molecular formula is C16H18BrN3O3S. The fourth-order valence-corrected chi connectivity index (χ4v) is 4.10. The first-order valence-corrected chi connectivity index (χ1v) is 9.11. The highest BCUT2D eigenvalue weighted by Gasteiger charge is 2.19. The van der Waals surface area contributed by atoms with Gasteiger partial charge in [-0.2, -0.15) is 0 Å². The van der Waals surface area contributed by atoms with Crippen LogP contribution in [0.15, 0.2) is 16.6 Å². The number of hydrogen-bond donors (Lipinski definition) is 2. The number of halogens is 1. The van der Waals surface area contributed by atoms with Crippen LogP contribution < -0.4 is 20.1 Å². The van der Waals surface area contributed by atoms with E-state index in [0.29, 0.717) is 18.0 Å². The van der Waals surface area contributed by atoms with Crippen LogP contribution in [0.4, 0.5) is 4.79 Å². The third-order valence-corrected chi connectivity index (χ3v) is 5.46. The fraction of sp³-hybridized carbons (Fsp3) is 0.375. The Morgan fingerprint density at radius 1 is 1.42 bits per heavy atom. The molecule has 0 spiro atoms. The van der Waals surface area contributed by atoms with Crippen molar-refractivity contribution in [1.82, 2.24) is 15.6 Å². The van der Waals surface area contributed by atoms with Gasteiger partial charge in [0.15, 0.2) is 11.5 Å². The first kappa shape index (κ1) is 17.0. The lowest BCUT2D eigenvalue weighted by Crippen LogP contribution is -2.36. The smallest absolute Gasteiger partial charge is 0.315 e. The first-order chi connectivity index (χ1) is 11.4. The lowest BCUT2D eigenvalue weighted by molar-refractivity contribution is 0.173. The molecule has 0 aliphatic carbocycles. The topological polar surface area (TPSA) is 72.5 Å². The molecule has 1 atom stereocenters. The molecule has 1 aliphatic heterocycles. The summed E-state index contributed by atoms with van der Waals surface area (Å²) in [6, 6.07) is 3.47. The molecule has 8 heteroatoms. The SMILES string of the molecule is Cc1nc(C)c([C@H](C)NC(=O)NCc2cc(Br)c3c(c2)OCO3)s1. The molecule has 1 aliphatic rings. The minimum Gasteiger partial charge on any atom is -0.454 e. The molecule has 128 valence electrons. The van der Waals surface area contributed by atoms with Crippen molar-refractivity contribution in [3.63, 3.8) is 0 Å². The van der Waals surface area contributed by atoms with E-state index in [-0.39, 0.29) is 18.9 Å². The monoisotopic (exact) mass is 411 g/mol. The number of nitrogens with zero attached hydrogens (tertiary/aromatic N) is 1. The number of benzene rings is 1. The second-order valence-electron chi connectivity index (χ2n) is 5.54. The van der Waals surface area contributed by atoms with Gasteiger partial charge in [-0.3, -0.25) is 0 Å². The van der Waals surface area contributed by atoms with E-state index in [9.17, 15) is 4.79 Å². The van der Waals surface area contributed by atoms with Gasteiger partial charge in [0.25, 0.3) is 0 Å². The fourth-order valence-electron chi connectivity index (χ4n) is 2.57. The lowest BCUT2D eigenvalue weighted by atomic mass is 10.2. The number of urea groups is 1. The van der Waals surface area contributed by atoms with Crippen LogP contribution in [0, 0.1) is 13.8 Å². The summed E-state index contributed by atoms with van der Waals surface area (Å²) in [6.07, 6.45) is 0. The van der Waals surface area contributed by atoms with Crippen LogP contribution >= 0.6 is 27.3 Å². The zero-order valence-corrected chi connectivity index (χ0v) is 16.0. The maximum Gasteiger partial charge on any atom is 0.315 e. The number of carbonyl (C=O) groups excluding carboxylic acids is 1. The summed E-state index contributed by atoms with van der Waals surface area (Å²) in [5, 5.41) is 6.80. The summed E-state index contributed by atoms with van der Waals surface area (Å²) in [5.74, 6) is 1.39. The highest BCUT2D eigenvalue weighted by atomic mass is 79.9. The zero-order chi connectivity index (χ0) is 17.3. The molecule has 0 unspecified atom stereocenters. The first-order valence-electron chi connectivity index (χ1n) is 7.50. The Hall–Kier alpha value is -1.80. The van der Waals surface area contributed by atoms with E-state index < -0.39 is 0 Å². The number of amides is 2. The molecule has 6 nitrogen and oxygen atoms in total. The maximum absolute atomic E-state index is 12.1. The van der Waals surface area contributed by atoms with Crippen LogP contribution in [0.3, 0.4) is 0 Å². The number of nitrogens with one attached hydrogen (secondary N) is 2. The van der Waals surface area contributed by atoms with Gasteiger partial charge in [-0.25, -0.2) is 9.78 Å². The molecule has 1 aromatic heterocycles. The predicted octanol–water partition coefficient (Wildman–Crippen LogP) is 3.81. The number of rotatable bonds is 4. The molecule has 2 aromatic rings. The Morgan fingerprint density at radius 2 is 2.21 bits per heavy atom. The van der Waals surface area contributed by atoms with Gasteiger partial charge in [0.2, 0.25) is 6.79 Å². The zero-order valence-electron chi connectivity index (χ0n) is 13.6. The normalized spacial score (nSPS) is 13.7. The minimum atomic E-state index is -0.221. The molecule has 2 N–H and O–H groups in total. The van der Waals surface area contributed by atoms with Crippen molar-refractivity contribution in [2.75, 3.05) is 6.79 Å². The van der Waals surface area contributed by atoms with Crippen molar-refractivity contribution < 1.29 is 14.3 Å². The summed E-state index contributed by atoms with van der Waals surface area (Å²) in [4.78, 5) is 17.6. The molecule has 0 saturated carbocycles. The Balaban J connectivity index is 1.58. The van der Waals surface area contributed by atoms with Crippen molar-refractivity contribution in [3.05, 3.63) is 37.7 Å². The molecule has 0 saturated heterocycles. The number of hydrogen-bond acceptors (Lipinski definition) is 5. The molecular weight excluding hydrogens is 394 g/mol. The van der Waals surface area contributed by atoms with Crippen LogP contribution in [0.2, 0.25) is 0 Å². The summed E-state index contributed by atoms with van der Waals surface area (Å²) in [6.45, 7) is 6.49. The number of carbonyl (C=O) groups is 1. The van der Waals surface area contributed by atoms with E-state index in [1.807, 2.05) is 32.9 Å². The van der Waals surface area contributed by atoms with Gasteiger partial charge >= 0.3 is 6.03 Å². The van der Waals surface area contributed by atoms with Crippen molar-refractivity contribution in [1.29, 1.82) is 0 Å². The molecule has 1 aromatic carbocycles. The average Bonchev–Trinajstić information content (AvgIpc) is 3.11. The van der Waals surface area contributed by atoms with Crippen LogP contribution in [0.1, 0.15) is 34.1 Å². The maximum atomic E-state index is 12.1. The van der Waals surface area contributed by atoms with Crippen LogP contribution in [0.25, 0.3) is 0 Å². The van der Waals surface area contributed by atoms with E-state index in [0.717, 1.165) is 25.6 Å². The van der Waals surface area contributed by atoms with Gasteiger partial charge in [0.05, 0.1) is 21.2 Å². The number of fused-ring (bicyclic) bond motifs is 1. The highest BCUT2D eigenvalue weighted by Crippen LogP contribution is 2.39. The average molecular weight is 412 g/mol. The van der Waals surface area contributed by atoms with Gasteiger partial charge in [0.1, 0.15) is 0 Å². The van der Waals surface area contributed by atoms with Gasteiger partial charge in [-0.1, -0.05) is 0 Å². The van der Waals surface area contributed by atoms with E-state index in [4.69, 9.17) is 9.47 Å². The molecule has 3 rings (SSSR count). The van der Waals surface area contributed by atoms with E-state index >= 15 is 0 Å². The third-order valence-electron chi connectivity index (χ3n) is 3.62. The minimum absolute atomic E-state index is 0.0836. The molecule has 0 radical (unpaired) electrons. The van der Waals surface area contributed by atoms with Gasteiger partial charge < -0.3 is 20.1 Å². The number of aromatic nitrogens is 1. The van der Waals surface area contributed by atoms with E-state index in [2.05, 4.69) is 31.5 Å². The number of ether oxygens (including phenoxy) is 2. The summed E-state index contributed by atoms with van der Waals surface area (Å²) < 4.78 is 11.5. The second-order valence-corrected chi connectivity index (χ2v) is 7.63. The van der Waals surface area contributed by atoms with Crippen molar-refractivity contribution >= 4 is 33.3 Å². The molecule has 2 amide bonds. The Labute approximate surface area is 152 Å². The Bertz CT molecular complexity index is 778. The van der Waals surface area contributed by atoms with Crippen molar-refractivity contribution in [2.24, 2.45) is 0 Å². The van der Waals surface area contributed by atoms with Crippen molar-refractivity contribution in [3.8, 4) is 11.5 Å². The predicted molar refractivity (Wildman–Crippen MR) is 95.6 cm³/mol. The second kappa shape index (κ2) is 6.98. The molecule has 0 fully saturated rings. The quantitative estimate of drug-likeness (QED) is 0.801. The Kier molecular flexibility index (Phi) is 4.96. The third kappa shape index (κ3) is 3.64. The number of aryl methyl sites for hydroxylation is 2. The number of thiazole rings is 1. The summed E-state index contributed by atoms with van der Waals surface area (Å²) in [7, 11) is 0. The molecule has 2 heterocycles. The van der Waals surface area contributed by atoms with Crippen LogP contribution in [-0.2, 0) is 6.54 Å². The summed E-state index contributed by atoms with van der Waals surface area (Å²) >= 11 is 5.05.